The molecule has 0 radical (unpaired) electrons. The number of methoxy groups -OCH3 is 1. The number of carbonyl (C=O) groups is 2. The molecule has 20 heavy (non-hydrogen) atoms. The third-order valence-corrected chi connectivity index (χ3v) is 3.21. The number of carboxylic acid groups (broad SMARTS) is 1. The Morgan fingerprint density at radius 1 is 1.35 bits per heavy atom. The van der Waals surface area contributed by atoms with Crippen LogP contribution in [0, 0.1) is 5.92 Å². The minimum atomic E-state index is -0.959. The number of carbonyl (C=O) groups excluding carboxylic acids is 1. The minimum Gasteiger partial charge on any atom is -0.497 e. The van der Waals surface area contributed by atoms with Gasteiger partial charge in [0.15, 0.2) is 5.78 Å². The summed E-state index contributed by atoms with van der Waals surface area (Å²) < 4.78 is 5.14. The number of fused-ring (bicyclic) bond motifs is 1. The molecular formula is C15H17NO4. The van der Waals surface area contributed by atoms with Crippen molar-refractivity contribution in [2.75, 3.05) is 7.11 Å². The first-order valence-corrected chi connectivity index (χ1v) is 6.38. The van der Waals surface area contributed by atoms with E-state index < -0.39 is 5.97 Å². The second kappa shape index (κ2) is 5.36. The predicted octanol–water partition coefficient (Wildman–Crippen LogP) is 2.64. The Hall–Kier alpha value is -2.30. The van der Waals surface area contributed by atoms with Gasteiger partial charge in [0.2, 0.25) is 0 Å². The number of aliphatic carboxylic acids is 1. The standard InChI is InChI=1S/C15H17NO4/c1-8(2)15(19)14-11(7-13(17)18)10-5-4-9(20-3)6-12(10)16-14/h4-6,8,16H,7H2,1-3H3,(H,17,18). The second-order valence-electron chi connectivity index (χ2n) is 4.98. The number of aromatic nitrogens is 1. The van der Waals surface area contributed by atoms with Crippen molar-refractivity contribution in [2.24, 2.45) is 5.92 Å². The third-order valence-electron chi connectivity index (χ3n) is 3.21. The molecule has 1 aromatic heterocycles. The van der Waals surface area contributed by atoms with Gasteiger partial charge in [-0.1, -0.05) is 13.8 Å². The van der Waals surface area contributed by atoms with E-state index in [-0.39, 0.29) is 18.1 Å². The molecule has 0 unspecified atom stereocenters. The fourth-order valence-corrected chi connectivity index (χ4v) is 2.20. The number of ketones is 1. The Kier molecular flexibility index (Phi) is 3.79. The van der Waals surface area contributed by atoms with Crippen LogP contribution in [0.2, 0.25) is 0 Å². The largest absolute Gasteiger partial charge is 0.497 e. The molecule has 2 aromatic rings. The van der Waals surface area contributed by atoms with E-state index >= 15 is 0 Å². The summed E-state index contributed by atoms with van der Waals surface area (Å²) in [5.41, 5.74) is 1.63. The lowest BCUT2D eigenvalue weighted by Crippen LogP contribution is -2.12. The zero-order valence-corrected chi connectivity index (χ0v) is 11.7. The highest BCUT2D eigenvalue weighted by Crippen LogP contribution is 2.28. The fourth-order valence-electron chi connectivity index (χ4n) is 2.20. The Labute approximate surface area is 116 Å². The lowest BCUT2D eigenvalue weighted by Gasteiger charge is -2.04. The molecule has 1 heterocycles. The number of Topliss-reactive ketones (excluding diaryl/α,β-unsaturated/α-hetero) is 1. The topological polar surface area (TPSA) is 79.4 Å². The summed E-state index contributed by atoms with van der Waals surface area (Å²) in [6.45, 7) is 3.58. The SMILES string of the molecule is COc1ccc2c(CC(=O)O)c(C(=O)C(C)C)[nH]c2c1. The van der Waals surface area contributed by atoms with Crippen molar-refractivity contribution in [3.63, 3.8) is 0 Å². The molecule has 0 amide bonds. The van der Waals surface area contributed by atoms with Crippen LogP contribution in [0.25, 0.3) is 10.9 Å². The highest BCUT2D eigenvalue weighted by atomic mass is 16.5. The summed E-state index contributed by atoms with van der Waals surface area (Å²) in [6.07, 6.45) is -0.180. The van der Waals surface area contributed by atoms with Gasteiger partial charge in [0.1, 0.15) is 5.75 Å². The van der Waals surface area contributed by atoms with Crippen LogP contribution in [-0.4, -0.2) is 29.0 Å². The molecule has 0 saturated heterocycles. The van der Waals surface area contributed by atoms with Gasteiger partial charge in [-0.25, -0.2) is 0 Å². The van der Waals surface area contributed by atoms with Gasteiger partial charge in [-0.3, -0.25) is 9.59 Å². The first-order valence-electron chi connectivity index (χ1n) is 6.38. The number of ether oxygens (including phenoxy) is 1. The number of hydrogen-bond acceptors (Lipinski definition) is 3. The predicted molar refractivity (Wildman–Crippen MR) is 75.4 cm³/mol. The summed E-state index contributed by atoms with van der Waals surface area (Å²) in [4.78, 5) is 26.3. The number of hydrogen-bond donors (Lipinski definition) is 2. The average Bonchev–Trinajstić information content (AvgIpc) is 2.74. The van der Waals surface area contributed by atoms with Crippen molar-refractivity contribution in [3.8, 4) is 5.75 Å². The monoisotopic (exact) mass is 275 g/mol. The molecule has 0 aliphatic heterocycles. The summed E-state index contributed by atoms with van der Waals surface area (Å²) in [6, 6.07) is 5.29. The summed E-state index contributed by atoms with van der Waals surface area (Å²) >= 11 is 0. The van der Waals surface area contributed by atoms with Crippen LogP contribution in [0.3, 0.4) is 0 Å². The number of rotatable bonds is 5. The van der Waals surface area contributed by atoms with Gasteiger partial charge in [0.25, 0.3) is 0 Å². The molecule has 0 fully saturated rings. The van der Waals surface area contributed by atoms with E-state index in [9.17, 15) is 9.59 Å². The van der Waals surface area contributed by atoms with E-state index in [0.29, 0.717) is 22.5 Å². The van der Waals surface area contributed by atoms with E-state index in [2.05, 4.69) is 4.98 Å². The molecule has 1 aromatic carbocycles. The number of aromatic amines is 1. The van der Waals surface area contributed by atoms with Gasteiger partial charge in [-0.05, 0) is 17.7 Å². The third kappa shape index (κ3) is 2.52. The lowest BCUT2D eigenvalue weighted by molar-refractivity contribution is -0.136. The highest BCUT2D eigenvalue weighted by molar-refractivity contribution is 6.04. The number of carboxylic acids is 1. The summed E-state index contributed by atoms with van der Waals surface area (Å²) in [5.74, 6) is -0.586. The van der Waals surface area contributed by atoms with Crippen molar-refractivity contribution in [1.29, 1.82) is 0 Å². The number of benzene rings is 1. The molecule has 5 nitrogen and oxygen atoms in total. The Morgan fingerprint density at radius 3 is 2.60 bits per heavy atom. The Balaban J connectivity index is 2.65. The van der Waals surface area contributed by atoms with Gasteiger partial charge in [0, 0.05) is 22.9 Å². The zero-order chi connectivity index (χ0) is 14.9. The lowest BCUT2D eigenvalue weighted by atomic mass is 10.00. The molecule has 0 atom stereocenters. The maximum Gasteiger partial charge on any atom is 0.307 e. The molecule has 0 aliphatic carbocycles. The minimum absolute atomic E-state index is 0.0867. The van der Waals surface area contributed by atoms with Gasteiger partial charge in [-0.15, -0.1) is 0 Å². The van der Waals surface area contributed by atoms with Crippen LogP contribution in [-0.2, 0) is 11.2 Å². The van der Waals surface area contributed by atoms with Crippen LogP contribution in [0.15, 0.2) is 18.2 Å². The van der Waals surface area contributed by atoms with E-state index in [1.165, 1.54) is 0 Å². The van der Waals surface area contributed by atoms with Crippen LogP contribution in [0.1, 0.15) is 29.9 Å². The van der Waals surface area contributed by atoms with Crippen LogP contribution < -0.4 is 4.74 Å². The number of H-pyrrole nitrogens is 1. The quantitative estimate of drug-likeness (QED) is 0.822. The molecule has 5 heteroatoms. The van der Waals surface area contributed by atoms with Gasteiger partial charge in [-0.2, -0.15) is 0 Å². The first-order chi connectivity index (χ1) is 9.43. The first kappa shape index (κ1) is 14.1. The van der Waals surface area contributed by atoms with Gasteiger partial charge < -0.3 is 14.8 Å². The van der Waals surface area contributed by atoms with Crippen LogP contribution >= 0.6 is 0 Å². The van der Waals surface area contributed by atoms with Gasteiger partial charge in [0.05, 0.1) is 19.2 Å². The van der Waals surface area contributed by atoms with E-state index in [1.807, 2.05) is 0 Å². The maximum atomic E-state index is 12.2. The van der Waals surface area contributed by atoms with Crippen molar-refractivity contribution in [1.82, 2.24) is 4.98 Å². The molecule has 2 N–H and O–H groups in total. The van der Waals surface area contributed by atoms with Crippen molar-refractivity contribution >= 4 is 22.7 Å². The molecule has 0 aliphatic rings. The van der Waals surface area contributed by atoms with E-state index in [4.69, 9.17) is 9.84 Å². The van der Waals surface area contributed by atoms with Crippen molar-refractivity contribution in [2.45, 2.75) is 20.3 Å². The van der Waals surface area contributed by atoms with Gasteiger partial charge >= 0.3 is 5.97 Å². The highest BCUT2D eigenvalue weighted by Gasteiger charge is 2.21. The molecular weight excluding hydrogens is 258 g/mol. The van der Waals surface area contributed by atoms with Crippen molar-refractivity contribution < 1.29 is 19.4 Å². The smallest absolute Gasteiger partial charge is 0.307 e. The molecule has 106 valence electrons. The maximum absolute atomic E-state index is 12.2. The fraction of sp³-hybridized carbons (Fsp3) is 0.333. The Bertz CT molecular complexity index is 670. The molecule has 0 bridgehead atoms. The number of nitrogens with one attached hydrogen (secondary N) is 1. The van der Waals surface area contributed by atoms with Crippen LogP contribution in [0.4, 0.5) is 0 Å². The Morgan fingerprint density at radius 2 is 2.05 bits per heavy atom. The normalized spacial score (nSPS) is 11.0. The van der Waals surface area contributed by atoms with Crippen molar-refractivity contribution in [3.05, 3.63) is 29.5 Å². The molecule has 2 rings (SSSR count). The second-order valence-corrected chi connectivity index (χ2v) is 4.98. The summed E-state index contributed by atoms with van der Waals surface area (Å²) in [5, 5.41) is 9.79. The molecule has 0 spiro atoms. The van der Waals surface area contributed by atoms with Crippen LogP contribution in [0.5, 0.6) is 5.75 Å². The molecule has 0 saturated carbocycles. The average molecular weight is 275 g/mol. The van der Waals surface area contributed by atoms with E-state index in [0.717, 1.165) is 5.39 Å². The zero-order valence-electron chi connectivity index (χ0n) is 11.7. The van der Waals surface area contributed by atoms with E-state index in [1.54, 1.807) is 39.2 Å². The summed E-state index contributed by atoms with van der Waals surface area (Å²) in [7, 11) is 1.56.